The molecule has 0 unspecified atom stereocenters. The molecule has 5 fully saturated rings. The molecule has 1 aromatic carbocycles. The van der Waals surface area contributed by atoms with Gasteiger partial charge in [-0.25, -0.2) is 4.79 Å². The molecule has 6 rings (SSSR count). The van der Waals surface area contributed by atoms with E-state index in [4.69, 9.17) is 28.4 Å². The van der Waals surface area contributed by atoms with Crippen molar-refractivity contribution in [3.05, 3.63) is 29.8 Å². The van der Waals surface area contributed by atoms with Crippen LogP contribution in [0.2, 0.25) is 0 Å². The molecule has 55 heavy (non-hydrogen) atoms. The number of aromatic hydroxyl groups is 1. The second-order valence-corrected chi connectivity index (χ2v) is 15.2. The SMILES string of the molecule is CC(=O)N[C@@H]1[C@@H](O[C@@H]2[C@@H](O)[C@H](O)[C@@H](O)C[C@H]2OC(=O)[C@H]2C[C@H](O)[C@@]3(O)[C@@H](C2)O[C@@]2(C[C@H](OC(=O)c4ccc(O)cc4)[C@@H](C)CO2)[C@@H]3O)O[C@H](CO)[C@@H](O)[C@H]1O. The number of benzene rings is 1. The van der Waals surface area contributed by atoms with Crippen LogP contribution in [0.4, 0.5) is 0 Å². The van der Waals surface area contributed by atoms with E-state index in [-0.39, 0.29) is 30.8 Å². The average Bonchev–Trinajstić information content (AvgIpc) is 3.35. The Morgan fingerprint density at radius 1 is 0.909 bits per heavy atom. The molecule has 0 bridgehead atoms. The molecule has 2 saturated carbocycles. The summed E-state index contributed by atoms with van der Waals surface area (Å²) in [6, 6.07) is 3.89. The summed E-state index contributed by atoms with van der Waals surface area (Å²) in [6.45, 7) is 1.97. The van der Waals surface area contributed by atoms with Crippen molar-refractivity contribution in [2.75, 3.05) is 13.2 Å². The van der Waals surface area contributed by atoms with Crippen LogP contribution in [-0.2, 0) is 38.0 Å². The Balaban J connectivity index is 1.17. The molecule has 11 N–H and O–H groups in total. The molecule has 1 amide bonds. The van der Waals surface area contributed by atoms with E-state index < -0.39 is 146 Å². The lowest BCUT2D eigenvalue weighted by atomic mass is 9.71. The number of fused-ring (bicyclic) bond motifs is 1. The van der Waals surface area contributed by atoms with Gasteiger partial charge >= 0.3 is 11.9 Å². The van der Waals surface area contributed by atoms with Gasteiger partial charge in [0.25, 0.3) is 0 Å². The number of phenols is 1. The molecule has 0 aromatic heterocycles. The van der Waals surface area contributed by atoms with Crippen molar-refractivity contribution >= 4 is 17.8 Å². The van der Waals surface area contributed by atoms with Crippen molar-refractivity contribution in [1.82, 2.24) is 5.32 Å². The smallest absolute Gasteiger partial charge is 0.338 e. The van der Waals surface area contributed by atoms with Crippen LogP contribution in [0.25, 0.3) is 0 Å². The lowest BCUT2D eigenvalue weighted by Gasteiger charge is -2.47. The minimum atomic E-state index is -2.35. The van der Waals surface area contributed by atoms with Gasteiger partial charge in [0.1, 0.15) is 72.3 Å². The summed E-state index contributed by atoms with van der Waals surface area (Å²) in [5.41, 5.74) is -2.20. The summed E-state index contributed by atoms with van der Waals surface area (Å²) in [5.74, 6) is -6.04. The van der Waals surface area contributed by atoms with Crippen molar-refractivity contribution in [2.24, 2.45) is 11.8 Å². The van der Waals surface area contributed by atoms with Crippen LogP contribution < -0.4 is 5.32 Å². The maximum atomic E-state index is 13.7. The van der Waals surface area contributed by atoms with E-state index >= 15 is 0 Å². The van der Waals surface area contributed by atoms with Crippen LogP contribution in [0.15, 0.2) is 24.3 Å². The monoisotopic (exact) mass is 787 g/mol. The molecule has 0 radical (unpaired) electrons. The maximum absolute atomic E-state index is 13.7. The first kappa shape index (κ1) is 41.5. The molecule has 20 heteroatoms. The Labute approximate surface area is 314 Å². The minimum absolute atomic E-state index is 0.0556. The van der Waals surface area contributed by atoms with E-state index in [9.17, 15) is 65.4 Å². The maximum Gasteiger partial charge on any atom is 0.338 e. The third kappa shape index (κ3) is 7.81. The van der Waals surface area contributed by atoms with Gasteiger partial charge < -0.3 is 84.8 Å². The Kier molecular flexibility index (Phi) is 12.1. The summed E-state index contributed by atoms with van der Waals surface area (Å²) in [6.07, 6.45) is -22.6. The molecule has 1 spiro atoms. The quantitative estimate of drug-likeness (QED) is 0.111. The predicted octanol–water partition coefficient (Wildman–Crippen LogP) is -4.34. The van der Waals surface area contributed by atoms with Crippen molar-refractivity contribution in [3.63, 3.8) is 0 Å². The molecule has 1 aromatic rings. The lowest BCUT2D eigenvalue weighted by molar-refractivity contribution is -0.311. The number of hydrogen-bond acceptors (Lipinski definition) is 19. The van der Waals surface area contributed by atoms with Crippen molar-refractivity contribution in [3.8, 4) is 5.75 Å². The summed E-state index contributed by atoms with van der Waals surface area (Å²) >= 11 is 0. The van der Waals surface area contributed by atoms with Crippen LogP contribution in [0.1, 0.15) is 49.9 Å². The molecular formula is C35H49NO19. The van der Waals surface area contributed by atoms with E-state index in [0.29, 0.717) is 0 Å². The summed E-state index contributed by atoms with van der Waals surface area (Å²) in [5, 5.41) is 109. The number of amides is 1. The Morgan fingerprint density at radius 2 is 1.60 bits per heavy atom. The molecule has 2 aliphatic carbocycles. The van der Waals surface area contributed by atoms with E-state index in [1.54, 1.807) is 6.92 Å². The number of aliphatic hydroxyl groups excluding tert-OH is 8. The highest BCUT2D eigenvalue weighted by Crippen LogP contribution is 2.52. The highest BCUT2D eigenvalue weighted by Gasteiger charge is 2.70. The largest absolute Gasteiger partial charge is 0.508 e. The number of carbonyl (C=O) groups is 3. The van der Waals surface area contributed by atoms with E-state index in [1.165, 1.54) is 24.3 Å². The first-order valence-electron chi connectivity index (χ1n) is 18.1. The number of carbonyl (C=O) groups excluding carboxylic acids is 3. The topological polar surface area (TPSA) is 321 Å². The Morgan fingerprint density at radius 3 is 2.25 bits per heavy atom. The van der Waals surface area contributed by atoms with Crippen LogP contribution in [-0.4, -0.2) is 179 Å². The molecule has 20 nitrogen and oxygen atoms in total. The van der Waals surface area contributed by atoms with Gasteiger partial charge in [-0.2, -0.15) is 0 Å². The molecule has 3 heterocycles. The molecular weight excluding hydrogens is 738 g/mol. The lowest BCUT2D eigenvalue weighted by Crippen LogP contribution is -2.67. The zero-order chi connectivity index (χ0) is 40.1. The normalized spacial score (nSPS) is 45.7. The summed E-state index contributed by atoms with van der Waals surface area (Å²) in [4.78, 5) is 38.6. The van der Waals surface area contributed by atoms with Gasteiger partial charge in [-0.1, -0.05) is 6.92 Å². The summed E-state index contributed by atoms with van der Waals surface area (Å²) < 4.78 is 34.9. The van der Waals surface area contributed by atoms with Crippen LogP contribution in [0.5, 0.6) is 5.75 Å². The standard InChI is InChI=1S/C35H49NO19/c1-13-12-50-34(10-20(13)52-30(46)15-3-5-17(39)6-4-15)33(48)35(49)22(41)7-16(8-23(35)55-34)31(47)51-19-9-18(40)25(42)28(45)29(19)54-32-24(36-14(2)38)27(44)26(43)21(11-37)53-32/h3-6,13,16,18-29,32-33,37,39-45,48-49H,7-12H2,1-2H3,(H,36,38)/t13-,16-,18-,19+,20-,21+,22-,23+,24-,25+,26+,27-,28-,29-,32+,33-,34-,35+/m0/s1. The number of aliphatic hydroxyl groups is 9. The van der Waals surface area contributed by atoms with E-state index in [1.807, 2.05) is 0 Å². The van der Waals surface area contributed by atoms with Crippen LogP contribution in [0.3, 0.4) is 0 Å². The summed E-state index contributed by atoms with van der Waals surface area (Å²) in [7, 11) is 0. The fourth-order valence-electron chi connectivity index (χ4n) is 8.14. The number of hydrogen-bond donors (Lipinski definition) is 11. The number of nitrogens with one attached hydrogen (secondary N) is 1. The molecule has 18 atom stereocenters. The number of ether oxygens (including phenoxy) is 6. The molecule has 308 valence electrons. The zero-order valence-corrected chi connectivity index (χ0v) is 29.9. The second-order valence-electron chi connectivity index (χ2n) is 15.2. The third-order valence-electron chi connectivity index (χ3n) is 11.4. The first-order valence-corrected chi connectivity index (χ1v) is 18.1. The zero-order valence-electron chi connectivity index (χ0n) is 29.9. The molecule has 3 aliphatic heterocycles. The van der Waals surface area contributed by atoms with Crippen molar-refractivity contribution in [1.29, 1.82) is 0 Å². The predicted molar refractivity (Wildman–Crippen MR) is 177 cm³/mol. The Bertz CT molecular complexity index is 1550. The fraction of sp³-hybridized carbons (Fsp3) is 0.743. The van der Waals surface area contributed by atoms with Gasteiger partial charge in [0.2, 0.25) is 11.7 Å². The number of esters is 2. The van der Waals surface area contributed by atoms with E-state index in [2.05, 4.69) is 5.32 Å². The average molecular weight is 788 g/mol. The van der Waals surface area contributed by atoms with E-state index in [0.717, 1.165) is 6.92 Å². The highest BCUT2D eigenvalue weighted by atomic mass is 16.7. The van der Waals surface area contributed by atoms with Gasteiger partial charge in [0.05, 0.1) is 43.0 Å². The van der Waals surface area contributed by atoms with Gasteiger partial charge in [-0.15, -0.1) is 0 Å². The van der Waals surface area contributed by atoms with Gasteiger partial charge in [0, 0.05) is 25.7 Å². The number of rotatable bonds is 8. The minimum Gasteiger partial charge on any atom is -0.508 e. The van der Waals surface area contributed by atoms with Crippen LogP contribution >= 0.6 is 0 Å². The highest BCUT2D eigenvalue weighted by molar-refractivity contribution is 5.89. The Hall–Kier alpha value is -3.09. The first-order chi connectivity index (χ1) is 25.9. The van der Waals surface area contributed by atoms with Gasteiger partial charge in [0.15, 0.2) is 6.29 Å². The van der Waals surface area contributed by atoms with Gasteiger partial charge in [-0.05, 0) is 37.1 Å². The number of phenolic OH excluding ortho intramolecular Hbond substituents is 1. The second kappa shape index (κ2) is 16.0. The molecule has 5 aliphatic rings. The van der Waals surface area contributed by atoms with Crippen molar-refractivity contribution in [2.45, 2.75) is 136 Å². The molecule has 3 saturated heterocycles. The van der Waals surface area contributed by atoms with Gasteiger partial charge in [-0.3, -0.25) is 9.59 Å². The third-order valence-corrected chi connectivity index (χ3v) is 11.4. The van der Waals surface area contributed by atoms with Crippen LogP contribution in [0, 0.1) is 11.8 Å². The van der Waals surface area contributed by atoms with Crippen molar-refractivity contribution < 1.29 is 93.9 Å². The fourth-order valence-corrected chi connectivity index (χ4v) is 8.14.